The van der Waals surface area contributed by atoms with E-state index in [9.17, 15) is 0 Å². The molecule has 0 aromatic heterocycles. The number of hydrogen-bond donors (Lipinski definition) is 2. The van der Waals surface area contributed by atoms with Gasteiger partial charge in [0.15, 0.2) is 0 Å². The predicted molar refractivity (Wildman–Crippen MR) is 73.7 cm³/mol. The van der Waals surface area contributed by atoms with E-state index in [1.165, 1.54) is 38.5 Å². The molecule has 0 saturated heterocycles. The van der Waals surface area contributed by atoms with E-state index >= 15 is 0 Å². The highest BCUT2D eigenvalue weighted by atomic mass is 16.5. The van der Waals surface area contributed by atoms with E-state index in [-0.39, 0.29) is 5.84 Å². The highest BCUT2D eigenvalue weighted by Gasteiger charge is 2.12. The Morgan fingerprint density at radius 1 is 1.11 bits per heavy atom. The second kappa shape index (κ2) is 6.55. The van der Waals surface area contributed by atoms with Crippen LogP contribution in [0.4, 0.5) is 0 Å². The molecule has 3 heteroatoms. The summed E-state index contributed by atoms with van der Waals surface area (Å²) in [5.74, 6) is 0.117. The van der Waals surface area contributed by atoms with Gasteiger partial charge >= 0.3 is 0 Å². The van der Waals surface area contributed by atoms with E-state index in [0.29, 0.717) is 12.7 Å². The maximum atomic E-state index is 7.34. The molecule has 18 heavy (non-hydrogen) atoms. The van der Waals surface area contributed by atoms with Crippen LogP contribution in [0.2, 0.25) is 0 Å². The van der Waals surface area contributed by atoms with E-state index in [1.54, 1.807) is 0 Å². The molecule has 2 rings (SSSR count). The fraction of sp³-hybridized carbons (Fsp3) is 0.533. The topological polar surface area (TPSA) is 59.1 Å². The molecule has 0 spiro atoms. The molecule has 1 aromatic carbocycles. The Balaban J connectivity index is 1.83. The fourth-order valence-electron chi connectivity index (χ4n) is 2.40. The summed E-state index contributed by atoms with van der Waals surface area (Å²) in [6.45, 7) is 0.669. The Bertz CT molecular complexity index is 378. The van der Waals surface area contributed by atoms with Crippen LogP contribution in [0.3, 0.4) is 0 Å². The summed E-state index contributed by atoms with van der Waals surface area (Å²) < 4.78 is 5.96. The van der Waals surface area contributed by atoms with Gasteiger partial charge in [0, 0.05) is 5.56 Å². The van der Waals surface area contributed by atoms with Crippen LogP contribution in [-0.2, 0) is 11.3 Å². The quantitative estimate of drug-likeness (QED) is 0.487. The van der Waals surface area contributed by atoms with Crippen LogP contribution in [0.25, 0.3) is 0 Å². The number of ether oxygens (including phenoxy) is 1. The molecule has 3 nitrogen and oxygen atoms in total. The summed E-state index contributed by atoms with van der Waals surface area (Å²) in [6.07, 6.45) is 8.14. The van der Waals surface area contributed by atoms with Crippen LogP contribution in [0.1, 0.15) is 49.7 Å². The SMILES string of the molecule is N=C(N)c1ccc(COC2CCCCCC2)cc1. The molecular formula is C15H22N2O. The summed E-state index contributed by atoms with van der Waals surface area (Å²) in [6, 6.07) is 7.75. The molecule has 98 valence electrons. The lowest BCUT2D eigenvalue weighted by Gasteiger charge is -2.15. The van der Waals surface area contributed by atoms with Gasteiger partial charge in [-0.2, -0.15) is 0 Å². The van der Waals surface area contributed by atoms with Crippen LogP contribution in [0, 0.1) is 5.41 Å². The largest absolute Gasteiger partial charge is 0.384 e. The third-order valence-electron chi connectivity index (χ3n) is 3.55. The molecule has 1 aliphatic rings. The fourth-order valence-corrected chi connectivity index (χ4v) is 2.40. The van der Waals surface area contributed by atoms with Crippen LogP contribution in [0.15, 0.2) is 24.3 Å². The zero-order valence-corrected chi connectivity index (χ0v) is 10.8. The highest BCUT2D eigenvalue weighted by Crippen LogP contribution is 2.20. The van der Waals surface area contributed by atoms with Gasteiger partial charge < -0.3 is 10.5 Å². The van der Waals surface area contributed by atoms with Crippen molar-refractivity contribution in [3.8, 4) is 0 Å². The molecule has 0 radical (unpaired) electrons. The van der Waals surface area contributed by atoms with Crippen LogP contribution in [0.5, 0.6) is 0 Å². The minimum Gasteiger partial charge on any atom is -0.384 e. The van der Waals surface area contributed by atoms with Gasteiger partial charge in [0.25, 0.3) is 0 Å². The average Bonchev–Trinajstić information content (AvgIpc) is 2.65. The summed E-state index contributed by atoms with van der Waals surface area (Å²) in [7, 11) is 0. The number of amidine groups is 1. The van der Waals surface area contributed by atoms with Crippen molar-refractivity contribution in [2.45, 2.75) is 51.2 Å². The van der Waals surface area contributed by atoms with Gasteiger partial charge in [-0.25, -0.2) is 0 Å². The first kappa shape index (κ1) is 13.1. The molecule has 0 aliphatic heterocycles. The molecule has 0 bridgehead atoms. The Morgan fingerprint density at radius 2 is 1.72 bits per heavy atom. The second-order valence-electron chi connectivity index (χ2n) is 5.04. The van der Waals surface area contributed by atoms with Gasteiger partial charge in [-0.15, -0.1) is 0 Å². The number of nitrogens with one attached hydrogen (secondary N) is 1. The number of nitrogen functional groups attached to an aromatic ring is 1. The lowest BCUT2D eigenvalue weighted by Crippen LogP contribution is -2.12. The first-order chi connectivity index (χ1) is 8.75. The molecule has 0 unspecified atom stereocenters. The van der Waals surface area contributed by atoms with Crippen molar-refractivity contribution in [1.82, 2.24) is 0 Å². The van der Waals surface area contributed by atoms with Gasteiger partial charge in [0.05, 0.1) is 12.7 Å². The molecule has 1 fully saturated rings. The van der Waals surface area contributed by atoms with E-state index in [4.69, 9.17) is 15.9 Å². The standard InChI is InChI=1S/C15H22N2O/c16-15(17)13-9-7-12(8-10-13)11-18-14-5-3-1-2-4-6-14/h7-10,14H,1-6,11H2,(H3,16,17). The molecule has 3 N–H and O–H groups in total. The monoisotopic (exact) mass is 246 g/mol. The summed E-state index contributed by atoms with van der Waals surface area (Å²) in [5, 5.41) is 7.34. The van der Waals surface area contributed by atoms with Gasteiger partial charge in [-0.3, -0.25) is 5.41 Å². The molecule has 1 aliphatic carbocycles. The van der Waals surface area contributed by atoms with Crippen molar-refractivity contribution >= 4 is 5.84 Å². The average molecular weight is 246 g/mol. The van der Waals surface area contributed by atoms with Gasteiger partial charge in [0.1, 0.15) is 5.84 Å². The van der Waals surface area contributed by atoms with Crippen LogP contribution in [-0.4, -0.2) is 11.9 Å². The maximum absolute atomic E-state index is 7.34. The zero-order valence-electron chi connectivity index (χ0n) is 10.8. The smallest absolute Gasteiger partial charge is 0.122 e. The molecule has 0 amide bonds. The number of nitrogens with two attached hydrogens (primary N) is 1. The number of benzene rings is 1. The second-order valence-corrected chi connectivity index (χ2v) is 5.04. The minimum absolute atomic E-state index is 0.117. The zero-order chi connectivity index (χ0) is 12.8. The molecule has 0 atom stereocenters. The van der Waals surface area contributed by atoms with Crippen molar-refractivity contribution in [3.05, 3.63) is 35.4 Å². The van der Waals surface area contributed by atoms with E-state index < -0.39 is 0 Å². The number of hydrogen-bond acceptors (Lipinski definition) is 2. The molecular weight excluding hydrogens is 224 g/mol. The first-order valence-electron chi connectivity index (χ1n) is 6.80. The minimum atomic E-state index is 0.117. The van der Waals surface area contributed by atoms with Crippen molar-refractivity contribution in [1.29, 1.82) is 5.41 Å². The summed E-state index contributed by atoms with van der Waals surface area (Å²) in [4.78, 5) is 0. The van der Waals surface area contributed by atoms with Crippen molar-refractivity contribution < 1.29 is 4.74 Å². The van der Waals surface area contributed by atoms with Crippen molar-refractivity contribution in [2.24, 2.45) is 5.73 Å². The Hall–Kier alpha value is -1.35. The predicted octanol–water partition coefficient (Wildman–Crippen LogP) is 3.21. The van der Waals surface area contributed by atoms with E-state index in [0.717, 1.165) is 11.1 Å². The Labute approximate surface area is 109 Å². The van der Waals surface area contributed by atoms with E-state index in [1.807, 2.05) is 24.3 Å². The molecule has 1 aromatic rings. The summed E-state index contributed by atoms with van der Waals surface area (Å²) >= 11 is 0. The van der Waals surface area contributed by atoms with Gasteiger partial charge in [-0.05, 0) is 18.4 Å². The van der Waals surface area contributed by atoms with E-state index in [2.05, 4.69) is 0 Å². The van der Waals surface area contributed by atoms with Crippen LogP contribution >= 0.6 is 0 Å². The number of rotatable bonds is 4. The third-order valence-corrected chi connectivity index (χ3v) is 3.55. The molecule has 1 saturated carbocycles. The lowest BCUT2D eigenvalue weighted by molar-refractivity contribution is 0.0310. The Kier molecular flexibility index (Phi) is 4.76. The van der Waals surface area contributed by atoms with Crippen molar-refractivity contribution in [2.75, 3.05) is 0 Å². The lowest BCUT2D eigenvalue weighted by atomic mass is 10.1. The Morgan fingerprint density at radius 3 is 2.28 bits per heavy atom. The molecule has 0 heterocycles. The van der Waals surface area contributed by atoms with Crippen LogP contribution < -0.4 is 5.73 Å². The maximum Gasteiger partial charge on any atom is 0.122 e. The van der Waals surface area contributed by atoms with Crippen molar-refractivity contribution in [3.63, 3.8) is 0 Å². The first-order valence-corrected chi connectivity index (χ1v) is 6.80. The normalized spacial score (nSPS) is 17.3. The van der Waals surface area contributed by atoms with Gasteiger partial charge in [0.2, 0.25) is 0 Å². The highest BCUT2D eigenvalue weighted by molar-refractivity contribution is 5.94. The third kappa shape index (κ3) is 3.84. The van der Waals surface area contributed by atoms with Gasteiger partial charge in [-0.1, -0.05) is 49.9 Å². The summed E-state index contributed by atoms with van der Waals surface area (Å²) in [5.41, 5.74) is 7.35.